The highest BCUT2D eigenvalue weighted by Crippen LogP contribution is 2.11. The van der Waals surface area contributed by atoms with Crippen LogP contribution >= 0.6 is 12.2 Å². The van der Waals surface area contributed by atoms with Gasteiger partial charge in [-0.25, -0.2) is 0 Å². The largest absolute Gasteiger partial charge is 0.380 e. The molecule has 0 saturated heterocycles. The van der Waals surface area contributed by atoms with Gasteiger partial charge in [0.05, 0.1) is 5.49 Å². The van der Waals surface area contributed by atoms with Gasteiger partial charge in [0, 0.05) is 6.04 Å². The Morgan fingerprint density at radius 3 is 2.55 bits per heavy atom. The number of rotatable bonds is 6. The normalized spacial score (nSPS) is 15.5. The monoisotopic (exact) mass is 173 g/mol. The second-order valence-electron chi connectivity index (χ2n) is 3.32. The minimum absolute atomic E-state index is 0.536. The van der Waals surface area contributed by atoms with Crippen LogP contribution in [-0.4, -0.2) is 11.5 Å². The molecule has 0 fully saturated rings. The summed E-state index contributed by atoms with van der Waals surface area (Å²) in [6.45, 7) is 6.70. The first-order valence-corrected chi connectivity index (χ1v) is 4.87. The lowest BCUT2D eigenvalue weighted by Crippen LogP contribution is -2.25. The lowest BCUT2D eigenvalue weighted by molar-refractivity contribution is 0.432. The highest BCUT2D eigenvalue weighted by molar-refractivity contribution is 7.78. The van der Waals surface area contributed by atoms with Crippen LogP contribution in [0.15, 0.2) is 0 Å². The van der Waals surface area contributed by atoms with E-state index in [1.54, 1.807) is 5.49 Å². The van der Waals surface area contributed by atoms with E-state index in [0.29, 0.717) is 6.04 Å². The molecule has 0 aromatic rings. The van der Waals surface area contributed by atoms with Crippen molar-refractivity contribution < 1.29 is 0 Å². The van der Waals surface area contributed by atoms with Crippen molar-refractivity contribution in [2.45, 2.75) is 46.1 Å². The van der Waals surface area contributed by atoms with Gasteiger partial charge in [0.15, 0.2) is 0 Å². The fourth-order valence-electron chi connectivity index (χ4n) is 1.40. The summed E-state index contributed by atoms with van der Waals surface area (Å²) in [4.78, 5) is 0. The zero-order chi connectivity index (χ0) is 8.69. The van der Waals surface area contributed by atoms with Crippen molar-refractivity contribution in [3.05, 3.63) is 0 Å². The van der Waals surface area contributed by atoms with Crippen LogP contribution in [0.1, 0.15) is 40.0 Å². The third-order valence-corrected chi connectivity index (χ3v) is 2.03. The number of nitrogens with one attached hydrogen (secondary N) is 1. The van der Waals surface area contributed by atoms with E-state index in [0.717, 1.165) is 5.92 Å². The van der Waals surface area contributed by atoms with E-state index in [1.165, 1.54) is 19.3 Å². The molecule has 0 radical (unpaired) electrons. The second-order valence-corrected chi connectivity index (χ2v) is 3.55. The summed E-state index contributed by atoms with van der Waals surface area (Å²) in [5, 5.41) is 3.12. The highest BCUT2D eigenvalue weighted by Gasteiger charge is 2.05. The average Bonchev–Trinajstić information content (AvgIpc) is 1.87. The molecule has 0 amide bonds. The van der Waals surface area contributed by atoms with Gasteiger partial charge in [-0.05, 0) is 19.3 Å². The summed E-state index contributed by atoms with van der Waals surface area (Å²) < 4.78 is 0. The van der Waals surface area contributed by atoms with Crippen molar-refractivity contribution >= 4 is 17.7 Å². The van der Waals surface area contributed by atoms with Crippen LogP contribution in [0.2, 0.25) is 0 Å². The van der Waals surface area contributed by atoms with Crippen LogP contribution in [0.5, 0.6) is 0 Å². The van der Waals surface area contributed by atoms with Crippen LogP contribution < -0.4 is 5.32 Å². The molecular formula is C9H19NS. The van der Waals surface area contributed by atoms with Crippen molar-refractivity contribution in [1.82, 2.24) is 5.32 Å². The Kier molecular flexibility index (Phi) is 6.52. The van der Waals surface area contributed by atoms with E-state index >= 15 is 0 Å². The molecule has 1 nitrogen and oxygen atoms in total. The standard InChI is InChI=1S/C9H19NS/c1-4-5-8(2)6-9(3)10-7-11/h7-9H,4-6H2,1-3H3,(H,10,11)/t8-,9?/m0/s1. The molecule has 0 bridgehead atoms. The predicted octanol–water partition coefficient (Wildman–Crippen LogP) is 2.75. The quantitative estimate of drug-likeness (QED) is 0.620. The number of thiocarbonyl (C=S) groups is 1. The van der Waals surface area contributed by atoms with E-state index in [4.69, 9.17) is 12.2 Å². The molecule has 0 aromatic carbocycles. The Balaban J connectivity index is 3.39. The third kappa shape index (κ3) is 6.29. The number of hydrogen-bond donors (Lipinski definition) is 1. The lowest BCUT2D eigenvalue weighted by Gasteiger charge is -2.15. The van der Waals surface area contributed by atoms with Crippen LogP contribution in [-0.2, 0) is 0 Å². The topological polar surface area (TPSA) is 12.0 Å². The van der Waals surface area contributed by atoms with Crippen LogP contribution in [0.4, 0.5) is 0 Å². The maximum absolute atomic E-state index is 4.71. The van der Waals surface area contributed by atoms with Gasteiger partial charge in [-0.1, -0.05) is 38.9 Å². The predicted molar refractivity (Wildman–Crippen MR) is 54.9 cm³/mol. The van der Waals surface area contributed by atoms with Gasteiger partial charge in [-0.2, -0.15) is 0 Å². The van der Waals surface area contributed by atoms with Crippen molar-refractivity contribution in [2.75, 3.05) is 0 Å². The molecule has 0 aliphatic heterocycles. The SMILES string of the molecule is CCC[C@H](C)CC(C)NC=S. The van der Waals surface area contributed by atoms with Gasteiger partial charge in [0.1, 0.15) is 0 Å². The minimum Gasteiger partial charge on any atom is -0.380 e. The van der Waals surface area contributed by atoms with E-state index in [1.807, 2.05) is 0 Å². The maximum atomic E-state index is 4.71. The molecular weight excluding hydrogens is 154 g/mol. The van der Waals surface area contributed by atoms with Crippen molar-refractivity contribution in [2.24, 2.45) is 5.92 Å². The van der Waals surface area contributed by atoms with Gasteiger partial charge in [-0.3, -0.25) is 0 Å². The first-order valence-electron chi connectivity index (χ1n) is 4.40. The molecule has 1 unspecified atom stereocenters. The van der Waals surface area contributed by atoms with E-state index < -0.39 is 0 Å². The summed E-state index contributed by atoms with van der Waals surface area (Å²) in [6, 6.07) is 0.536. The molecule has 2 atom stereocenters. The summed E-state index contributed by atoms with van der Waals surface area (Å²) >= 11 is 4.71. The molecule has 66 valence electrons. The fraction of sp³-hybridized carbons (Fsp3) is 0.889. The first kappa shape index (κ1) is 10.9. The van der Waals surface area contributed by atoms with E-state index in [9.17, 15) is 0 Å². The van der Waals surface area contributed by atoms with Crippen LogP contribution in [0, 0.1) is 5.92 Å². The van der Waals surface area contributed by atoms with Crippen molar-refractivity contribution in [1.29, 1.82) is 0 Å². The Hall–Kier alpha value is -0.110. The van der Waals surface area contributed by atoms with Crippen LogP contribution in [0.25, 0.3) is 0 Å². The van der Waals surface area contributed by atoms with E-state index in [2.05, 4.69) is 26.1 Å². The van der Waals surface area contributed by atoms with Crippen LogP contribution in [0.3, 0.4) is 0 Å². The Morgan fingerprint density at radius 2 is 2.09 bits per heavy atom. The first-order chi connectivity index (χ1) is 5.20. The Bertz CT molecular complexity index is 104. The smallest absolute Gasteiger partial charge is 0.0616 e. The molecule has 0 aliphatic carbocycles. The minimum atomic E-state index is 0.536. The third-order valence-electron chi connectivity index (χ3n) is 1.89. The summed E-state index contributed by atoms with van der Waals surface area (Å²) in [6.07, 6.45) is 3.83. The zero-order valence-corrected chi connectivity index (χ0v) is 8.58. The molecule has 11 heavy (non-hydrogen) atoms. The molecule has 0 aliphatic rings. The molecule has 0 aromatic heterocycles. The fourth-order valence-corrected chi connectivity index (χ4v) is 1.63. The molecule has 0 rings (SSSR count). The van der Waals surface area contributed by atoms with Gasteiger partial charge < -0.3 is 5.32 Å². The average molecular weight is 173 g/mol. The highest BCUT2D eigenvalue weighted by atomic mass is 32.1. The summed E-state index contributed by atoms with van der Waals surface area (Å²) in [5.74, 6) is 0.817. The maximum Gasteiger partial charge on any atom is 0.0616 e. The van der Waals surface area contributed by atoms with Crippen molar-refractivity contribution in [3.63, 3.8) is 0 Å². The molecule has 2 heteroatoms. The summed E-state index contributed by atoms with van der Waals surface area (Å²) in [7, 11) is 0. The molecule has 0 saturated carbocycles. The van der Waals surface area contributed by atoms with Gasteiger partial charge in [0.2, 0.25) is 0 Å². The van der Waals surface area contributed by atoms with Gasteiger partial charge in [-0.15, -0.1) is 0 Å². The van der Waals surface area contributed by atoms with Gasteiger partial charge >= 0.3 is 0 Å². The molecule has 1 N–H and O–H groups in total. The van der Waals surface area contributed by atoms with Crippen molar-refractivity contribution in [3.8, 4) is 0 Å². The molecule has 0 spiro atoms. The zero-order valence-electron chi connectivity index (χ0n) is 7.76. The Labute approximate surface area is 75.6 Å². The second kappa shape index (κ2) is 6.59. The Morgan fingerprint density at radius 1 is 1.45 bits per heavy atom. The number of hydrogen-bond acceptors (Lipinski definition) is 1. The van der Waals surface area contributed by atoms with Gasteiger partial charge in [0.25, 0.3) is 0 Å². The lowest BCUT2D eigenvalue weighted by atomic mass is 9.98. The summed E-state index contributed by atoms with van der Waals surface area (Å²) in [5.41, 5.74) is 1.61. The van der Waals surface area contributed by atoms with E-state index in [-0.39, 0.29) is 0 Å². The molecule has 0 heterocycles.